The molecule has 0 fully saturated rings. The Labute approximate surface area is 283 Å². The molecule has 0 spiro atoms. The first kappa shape index (κ1) is 42.3. The van der Waals surface area contributed by atoms with Crippen molar-refractivity contribution in [1.29, 1.82) is 0 Å². The fourth-order valence-corrected chi connectivity index (χ4v) is 12.1. The number of rotatable bonds is 22. The van der Waals surface area contributed by atoms with Crippen LogP contribution in [0.15, 0.2) is 23.5 Å². The Morgan fingerprint density at radius 1 is 0.889 bits per heavy atom. The van der Waals surface area contributed by atoms with Crippen molar-refractivity contribution >= 4 is 30.9 Å². The molecule has 0 N–H and O–H groups in total. The molecule has 1 aliphatic rings. The minimum absolute atomic E-state index is 0.108. The highest BCUT2D eigenvalue weighted by Gasteiger charge is 2.45. The molecule has 3 atom stereocenters. The second kappa shape index (κ2) is 18.8. The third-order valence-electron chi connectivity index (χ3n) is 10.4. The summed E-state index contributed by atoms with van der Waals surface area (Å²) in [6, 6.07) is 3.46. The van der Waals surface area contributed by atoms with Gasteiger partial charge in [-0.3, -0.25) is 4.79 Å². The van der Waals surface area contributed by atoms with Crippen LogP contribution >= 0.6 is 0 Å². The van der Waals surface area contributed by atoms with Gasteiger partial charge in [0.05, 0.1) is 24.6 Å². The van der Waals surface area contributed by atoms with Crippen LogP contribution in [0, 0.1) is 5.92 Å². The molecule has 0 bridgehead atoms. The van der Waals surface area contributed by atoms with E-state index in [2.05, 4.69) is 100 Å². The summed E-state index contributed by atoms with van der Waals surface area (Å²) in [6.07, 6.45) is 16.0. The average Bonchev–Trinajstić information content (AvgIpc) is 3.24. The molecule has 0 radical (unpaired) electrons. The molecular formula is C37H74O5Si3. The van der Waals surface area contributed by atoms with E-state index in [4.69, 9.17) is 18.0 Å². The minimum Gasteiger partial charge on any atom is -0.546 e. The van der Waals surface area contributed by atoms with Crippen LogP contribution in [0.5, 0.6) is 0 Å². The molecule has 0 amide bonds. The number of methoxy groups -OCH3 is 1. The highest BCUT2D eigenvalue weighted by atomic mass is 28.4. The Morgan fingerprint density at radius 2 is 1.49 bits per heavy atom. The fourth-order valence-electron chi connectivity index (χ4n) is 6.39. The summed E-state index contributed by atoms with van der Waals surface area (Å²) in [5.74, 6) is 1.34. The zero-order valence-electron chi connectivity index (χ0n) is 32.3. The Balaban J connectivity index is 3.48. The lowest BCUT2D eigenvalue weighted by atomic mass is 9.91. The molecule has 45 heavy (non-hydrogen) atoms. The van der Waals surface area contributed by atoms with E-state index in [0.717, 1.165) is 69.5 Å². The molecule has 0 saturated heterocycles. The maximum Gasteiger partial charge on any atom is 0.305 e. The highest BCUT2D eigenvalue weighted by Crippen LogP contribution is 2.46. The molecule has 1 unspecified atom stereocenters. The van der Waals surface area contributed by atoms with Crippen molar-refractivity contribution in [3.8, 4) is 0 Å². The zero-order valence-corrected chi connectivity index (χ0v) is 35.3. The van der Waals surface area contributed by atoms with Crippen LogP contribution in [0.4, 0.5) is 0 Å². The quantitative estimate of drug-likeness (QED) is 0.0492. The van der Waals surface area contributed by atoms with Crippen LogP contribution in [-0.4, -0.2) is 49.7 Å². The Kier molecular flexibility index (Phi) is 17.6. The first-order chi connectivity index (χ1) is 20.8. The normalized spacial score (nSPS) is 19.8. The van der Waals surface area contributed by atoms with Crippen molar-refractivity contribution in [3.05, 3.63) is 23.5 Å². The number of hydrogen-bond acceptors (Lipinski definition) is 5. The van der Waals surface area contributed by atoms with E-state index in [1.165, 1.54) is 31.3 Å². The molecule has 5 nitrogen and oxygen atoms in total. The Hall–Kier alpha value is -0.679. The second-order valence-corrected chi connectivity index (χ2v) is 30.2. The fraction of sp³-hybridized carbons (Fsp3) is 0.865. The molecule has 0 heterocycles. The third-order valence-corrected chi connectivity index (χ3v) is 20.5. The van der Waals surface area contributed by atoms with Crippen LogP contribution in [0.3, 0.4) is 0 Å². The van der Waals surface area contributed by atoms with Gasteiger partial charge in [-0.15, -0.1) is 0 Å². The lowest BCUT2D eigenvalue weighted by molar-refractivity contribution is -0.140. The van der Waals surface area contributed by atoms with E-state index in [1.54, 1.807) is 0 Å². The standard InChI is InChI=1S/C37H74O5Si3/c1-15-19-28-37(8,42-43(10,11)12)29-24-26-32-31(25-22-20-21-23-27-35(38)39-9)33(40-44(13,14)36(5,6)7)30-34(32)41-45(16-2,17-3)18-4/h24,26,32,34H,15-23,25,27-30H2,1-14H3/b26-24+/t32-,34-,37?/m1/s1. The summed E-state index contributed by atoms with van der Waals surface area (Å²) in [7, 11) is -4.09. The largest absolute Gasteiger partial charge is 0.546 e. The molecule has 0 aromatic carbocycles. The summed E-state index contributed by atoms with van der Waals surface area (Å²) < 4.78 is 26.2. The zero-order chi connectivity index (χ0) is 34.5. The summed E-state index contributed by atoms with van der Waals surface area (Å²) in [5, 5.41) is 0.132. The van der Waals surface area contributed by atoms with Gasteiger partial charge in [0.1, 0.15) is 0 Å². The molecule has 0 aromatic heterocycles. The van der Waals surface area contributed by atoms with Gasteiger partial charge in [0.25, 0.3) is 0 Å². The topological polar surface area (TPSA) is 54.0 Å². The van der Waals surface area contributed by atoms with Crippen molar-refractivity contribution in [2.45, 2.75) is 194 Å². The minimum atomic E-state index is -2.03. The van der Waals surface area contributed by atoms with Gasteiger partial charge in [-0.2, -0.15) is 0 Å². The molecule has 1 rings (SSSR count). The first-order valence-corrected chi connectivity index (χ1v) is 27.2. The number of carbonyl (C=O) groups excluding carboxylic acids is 1. The van der Waals surface area contributed by atoms with Crippen molar-refractivity contribution in [3.63, 3.8) is 0 Å². The molecule has 264 valence electrons. The average molecular weight is 683 g/mol. The van der Waals surface area contributed by atoms with Gasteiger partial charge in [-0.25, -0.2) is 0 Å². The molecule has 0 aliphatic heterocycles. The Morgan fingerprint density at radius 3 is 2.00 bits per heavy atom. The monoisotopic (exact) mass is 682 g/mol. The summed E-state index contributed by atoms with van der Waals surface area (Å²) in [4.78, 5) is 11.6. The highest BCUT2D eigenvalue weighted by molar-refractivity contribution is 6.74. The first-order valence-electron chi connectivity index (χ1n) is 18.3. The molecular weight excluding hydrogens is 609 g/mol. The molecule has 0 aromatic rings. The van der Waals surface area contributed by atoms with Gasteiger partial charge in [0.2, 0.25) is 8.32 Å². The number of esters is 1. The van der Waals surface area contributed by atoms with E-state index in [1.807, 2.05) is 0 Å². The van der Waals surface area contributed by atoms with Crippen molar-refractivity contribution in [1.82, 2.24) is 0 Å². The molecule has 8 heteroatoms. The van der Waals surface area contributed by atoms with E-state index in [-0.39, 0.29) is 28.6 Å². The number of ether oxygens (including phenoxy) is 1. The van der Waals surface area contributed by atoms with E-state index < -0.39 is 25.0 Å². The molecule has 1 aliphatic carbocycles. The van der Waals surface area contributed by atoms with Crippen LogP contribution in [0.25, 0.3) is 0 Å². The summed E-state index contributed by atoms with van der Waals surface area (Å²) in [5.41, 5.74) is 1.33. The van der Waals surface area contributed by atoms with E-state index in [9.17, 15) is 4.79 Å². The maximum atomic E-state index is 11.6. The lowest BCUT2D eigenvalue weighted by Gasteiger charge is -2.37. The van der Waals surface area contributed by atoms with Crippen LogP contribution < -0.4 is 0 Å². The van der Waals surface area contributed by atoms with Crippen LogP contribution in [0.2, 0.25) is 55.9 Å². The summed E-state index contributed by atoms with van der Waals surface area (Å²) in [6.45, 7) is 30.3. The number of unbranched alkanes of at least 4 members (excludes halogenated alkanes) is 4. The van der Waals surface area contributed by atoms with Crippen LogP contribution in [-0.2, 0) is 22.8 Å². The third kappa shape index (κ3) is 14.1. The van der Waals surface area contributed by atoms with Gasteiger partial charge >= 0.3 is 5.97 Å². The molecule has 0 saturated carbocycles. The van der Waals surface area contributed by atoms with E-state index in [0.29, 0.717) is 6.42 Å². The number of carbonyl (C=O) groups is 1. The Bertz CT molecular complexity index is 934. The second-order valence-electron chi connectivity index (χ2n) is 16.3. The van der Waals surface area contributed by atoms with Gasteiger partial charge in [-0.1, -0.05) is 86.3 Å². The summed E-state index contributed by atoms with van der Waals surface area (Å²) >= 11 is 0. The van der Waals surface area contributed by atoms with Gasteiger partial charge in [0, 0.05) is 18.8 Å². The SMILES string of the molecule is CCCCC(C)(C/C=C/[C@@H]1C(CCCCCCC(=O)OC)=C(O[Si](C)(C)C(C)(C)C)C[C@H]1O[Si](CC)(CC)CC)O[Si](C)(C)C. The van der Waals surface area contributed by atoms with Gasteiger partial charge in [-0.05, 0) is 101 Å². The predicted octanol–water partition coefficient (Wildman–Crippen LogP) is 11.9. The van der Waals surface area contributed by atoms with Gasteiger partial charge < -0.3 is 18.0 Å². The van der Waals surface area contributed by atoms with Crippen molar-refractivity contribution in [2.75, 3.05) is 7.11 Å². The van der Waals surface area contributed by atoms with E-state index >= 15 is 0 Å². The number of hydrogen-bond donors (Lipinski definition) is 0. The predicted molar refractivity (Wildman–Crippen MR) is 201 cm³/mol. The smallest absolute Gasteiger partial charge is 0.305 e. The lowest BCUT2D eigenvalue weighted by Crippen LogP contribution is -2.42. The van der Waals surface area contributed by atoms with Gasteiger partial charge in [0.15, 0.2) is 16.6 Å². The van der Waals surface area contributed by atoms with Crippen LogP contribution in [0.1, 0.15) is 126 Å². The maximum absolute atomic E-state index is 11.6. The van der Waals surface area contributed by atoms with Crippen molar-refractivity contribution in [2.24, 2.45) is 5.92 Å². The van der Waals surface area contributed by atoms with Crippen molar-refractivity contribution < 1.29 is 22.8 Å².